The number of aromatic nitrogens is 3. The van der Waals surface area contributed by atoms with Crippen molar-refractivity contribution in [2.45, 2.75) is 11.7 Å². The smallest absolute Gasteiger partial charge is 0.233 e. The number of hydrogen-bond donors (Lipinski definition) is 0. The van der Waals surface area contributed by atoms with Gasteiger partial charge in [-0.15, -0.1) is 10.2 Å². The molecule has 2 heterocycles. The summed E-state index contributed by atoms with van der Waals surface area (Å²) in [5.74, 6) is 1.50. The first-order valence-corrected chi connectivity index (χ1v) is 11.1. The van der Waals surface area contributed by atoms with Crippen molar-refractivity contribution in [3.63, 3.8) is 0 Å². The van der Waals surface area contributed by atoms with Crippen molar-refractivity contribution < 1.29 is 9.21 Å². The maximum absolute atomic E-state index is 12.7. The second-order valence-electron chi connectivity index (χ2n) is 6.62. The van der Waals surface area contributed by atoms with Gasteiger partial charge in [0, 0.05) is 23.8 Å². The Hall–Kier alpha value is -2.84. The fourth-order valence-electron chi connectivity index (χ4n) is 2.93. The molecule has 0 aliphatic heterocycles. The van der Waals surface area contributed by atoms with E-state index in [1.54, 1.807) is 18.2 Å². The van der Waals surface area contributed by atoms with E-state index in [2.05, 4.69) is 26.1 Å². The van der Waals surface area contributed by atoms with Gasteiger partial charge in [-0.3, -0.25) is 9.36 Å². The third kappa shape index (κ3) is 4.66. The molecule has 6 nitrogen and oxygen atoms in total. The topological polar surface area (TPSA) is 64.2 Å². The Morgan fingerprint density at radius 3 is 2.53 bits per heavy atom. The lowest BCUT2D eigenvalue weighted by Gasteiger charge is -2.17. The Morgan fingerprint density at radius 2 is 1.83 bits per heavy atom. The molecule has 0 aliphatic rings. The van der Waals surface area contributed by atoms with Gasteiger partial charge in [-0.1, -0.05) is 58.0 Å². The normalized spacial score (nSPS) is 10.9. The van der Waals surface area contributed by atoms with Gasteiger partial charge in [0.15, 0.2) is 10.9 Å². The molecule has 0 saturated heterocycles. The quantitative estimate of drug-likeness (QED) is 0.345. The third-order valence-electron chi connectivity index (χ3n) is 4.47. The summed E-state index contributed by atoms with van der Waals surface area (Å²) in [5.41, 5.74) is 1.98. The van der Waals surface area contributed by atoms with Crippen LogP contribution in [-0.4, -0.2) is 38.4 Å². The number of para-hydroxylation sites is 1. The van der Waals surface area contributed by atoms with Crippen LogP contribution in [0.2, 0.25) is 0 Å². The van der Waals surface area contributed by atoms with Crippen LogP contribution in [0.5, 0.6) is 0 Å². The number of halogens is 1. The van der Waals surface area contributed by atoms with Crippen molar-refractivity contribution in [2.75, 3.05) is 12.8 Å². The van der Waals surface area contributed by atoms with Crippen LogP contribution < -0.4 is 0 Å². The molecule has 0 saturated carbocycles. The summed E-state index contributed by atoms with van der Waals surface area (Å²) in [6, 6.07) is 21.4. The van der Waals surface area contributed by atoms with Crippen molar-refractivity contribution in [1.82, 2.24) is 19.7 Å². The molecule has 0 fully saturated rings. The third-order valence-corrected chi connectivity index (χ3v) is 5.92. The fourth-order valence-corrected chi connectivity index (χ4v) is 4.08. The molecule has 8 heteroatoms. The highest BCUT2D eigenvalue weighted by molar-refractivity contribution is 9.10. The van der Waals surface area contributed by atoms with Gasteiger partial charge in [0.1, 0.15) is 0 Å². The number of rotatable bonds is 7. The predicted octanol–water partition coefficient (Wildman–Crippen LogP) is 5.04. The Bertz CT molecular complexity index is 1110. The summed E-state index contributed by atoms with van der Waals surface area (Å²) in [5, 5.41) is 9.25. The highest BCUT2D eigenvalue weighted by Gasteiger charge is 2.19. The lowest BCUT2D eigenvalue weighted by atomic mass is 10.2. The first-order chi connectivity index (χ1) is 14.6. The minimum absolute atomic E-state index is 0.0186. The second kappa shape index (κ2) is 9.32. The maximum Gasteiger partial charge on any atom is 0.233 e. The molecule has 4 aromatic rings. The van der Waals surface area contributed by atoms with E-state index < -0.39 is 0 Å². The summed E-state index contributed by atoms with van der Waals surface area (Å²) in [4.78, 5) is 14.4. The molecule has 2 aromatic carbocycles. The van der Waals surface area contributed by atoms with Crippen LogP contribution in [0, 0.1) is 0 Å². The van der Waals surface area contributed by atoms with Gasteiger partial charge in [-0.25, -0.2) is 0 Å². The van der Waals surface area contributed by atoms with E-state index in [9.17, 15) is 4.79 Å². The van der Waals surface area contributed by atoms with Crippen molar-refractivity contribution in [3.05, 3.63) is 83.0 Å². The maximum atomic E-state index is 12.7. The number of benzene rings is 2. The fraction of sp³-hybridized carbons (Fsp3) is 0.136. The molecule has 2 aromatic heterocycles. The molecule has 0 aliphatic carbocycles. The first kappa shape index (κ1) is 20.4. The SMILES string of the molecule is CN(Cc1ccc(Br)cc1)C(=O)CSc1nnc(-c2ccco2)n1-c1ccccc1. The van der Waals surface area contributed by atoms with Crippen molar-refractivity contribution in [3.8, 4) is 17.3 Å². The Morgan fingerprint density at radius 1 is 1.07 bits per heavy atom. The molecule has 0 spiro atoms. The molecule has 4 rings (SSSR count). The number of furan rings is 1. The van der Waals surface area contributed by atoms with Gasteiger partial charge in [0.25, 0.3) is 0 Å². The van der Waals surface area contributed by atoms with E-state index >= 15 is 0 Å². The highest BCUT2D eigenvalue weighted by Crippen LogP contribution is 2.28. The summed E-state index contributed by atoms with van der Waals surface area (Å²) in [7, 11) is 1.81. The molecule has 0 radical (unpaired) electrons. The number of amides is 1. The van der Waals surface area contributed by atoms with Crippen LogP contribution in [-0.2, 0) is 11.3 Å². The minimum atomic E-state index is 0.0186. The predicted molar refractivity (Wildman–Crippen MR) is 120 cm³/mol. The van der Waals surface area contributed by atoms with Crippen LogP contribution in [0.3, 0.4) is 0 Å². The summed E-state index contributed by atoms with van der Waals surface area (Å²) >= 11 is 4.79. The monoisotopic (exact) mass is 482 g/mol. The first-order valence-electron chi connectivity index (χ1n) is 9.28. The van der Waals surface area contributed by atoms with Gasteiger partial charge in [-0.05, 0) is 42.0 Å². The van der Waals surface area contributed by atoms with E-state index in [4.69, 9.17) is 4.42 Å². The second-order valence-corrected chi connectivity index (χ2v) is 8.48. The summed E-state index contributed by atoms with van der Waals surface area (Å²) < 4.78 is 8.45. The minimum Gasteiger partial charge on any atom is -0.461 e. The lowest BCUT2D eigenvalue weighted by molar-refractivity contribution is -0.127. The van der Waals surface area contributed by atoms with Crippen molar-refractivity contribution in [1.29, 1.82) is 0 Å². The molecule has 1 amide bonds. The number of carbonyl (C=O) groups excluding carboxylic acids is 1. The molecule has 0 N–H and O–H groups in total. The highest BCUT2D eigenvalue weighted by atomic mass is 79.9. The number of hydrogen-bond acceptors (Lipinski definition) is 5. The summed E-state index contributed by atoms with van der Waals surface area (Å²) in [6.07, 6.45) is 1.60. The lowest BCUT2D eigenvalue weighted by Crippen LogP contribution is -2.27. The van der Waals surface area contributed by atoms with Crippen LogP contribution in [0.1, 0.15) is 5.56 Å². The van der Waals surface area contributed by atoms with Gasteiger partial charge < -0.3 is 9.32 Å². The van der Waals surface area contributed by atoms with E-state index in [0.717, 1.165) is 15.7 Å². The molecule has 0 atom stereocenters. The van der Waals surface area contributed by atoms with Crippen LogP contribution in [0.25, 0.3) is 17.3 Å². The zero-order valence-corrected chi connectivity index (χ0v) is 18.6. The zero-order valence-electron chi connectivity index (χ0n) is 16.2. The van der Waals surface area contributed by atoms with Crippen LogP contribution >= 0.6 is 27.7 Å². The van der Waals surface area contributed by atoms with E-state index in [1.165, 1.54) is 11.8 Å². The largest absolute Gasteiger partial charge is 0.461 e. The van der Waals surface area contributed by atoms with E-state index in [0.29, 0.717) is 23.3 Å². The molecular formula is C22H19BrN4O2S. The molecular weight excluding hydrogens is 464 g/mol. The number of carbonyl (C=O) groups is 1. The standard InChI is InChI=1S/C22H19BrN4O2S/c1-26(14-16-9-11-17(23)12-10-16)20(28)15-30-22-25-24-21(19-8-5-13-29-19)27(22)18-6-3-2-4-7-18/h2-13H,14-15H2,1H3. The number of nitrogens with zero attached hydrogens (tertiary/aromatic N) is 4. The number of thioether (sulfide) groups is 1. The van der Waals surface area contributed by atoms with Crippen molar-refractivity contribution >= 4 is 33.6 Å². The van der Waals surface area contributed by atoms with E-state index in [-0.39, 0.29) is 11.7 Å². The van der Waals surface area contributed by atoms with Crippen LogP contribution in [0.4, 0.5) is 0 Å². The van der Waals surface area contributed by atoms with E-state index in [1.807, 2.05) is 71.3 Å². The van der Waals surface area contributed by atoms with Crippen LogP contribution in [0.15, 0.2) is 87.0 Å². The Kier molecular flexibility index (Phi) is 6.35. The summed E-state index contributed by atoms with van der Waals surface area (Å²) in [6.45, 7) is 0.551. The van der Waals surface area contributed by atoms with Gasteiger partial charge >= 0.3 is 0 Å². The molecule has 0 unspecified atom stereocenters. The molecule has 152 valence electrons. The molecule has 30 heavy (non-hydrogen) atoms. The van der Waals surface area contributed by atoms with Crippen molar-refractivity contribution in [2.24, 2.45) is 0 Å². The average molecular weight is 483 g/mol. The average Bonchev–Trinajstić information content (AvgIpc) is 3.44. The molecule has 0 bridgehead atoms. The van der Waals surface area contributed by atoms with Gasteiger partial charge in [-0.2, -0.15) is 0 Å². The van der Waals surface area contributed by atoms with Gasteiger partial charge in [0.05, 0.1) is 12.0 Å². The Labute approximate surface area is 187 Å². The van der Waals surface area contributed by atoms with Gasteiger partial charge in [0.2, 0.25) is 11.7 Å². The Balaban J connectivity index is 1.50. The zero-order chi connectivity index (χ0) is 20.9.